The van der Waals surface area contributed by atoms with Gasteiger partial charge >= 0.3 is 11.9 Å². The van der Waals surface area contributed by atoms with Crippen LogP contribution in [0.3, 0.4) is 0 Å². The number of hydrogen-bond donors (Lipinski definition) is 2. The Morgan fingerprint density at radius 3 is 2.09 bits per heavy atom. The first-order chi connectivity index (χ1) is 10.5. The van der Waals surface area contributed by atoms with Crippen molar-refractivity contribution in [3.8, 4) is 0 Å². The van der Waals surface area contributed by atoms with Gasteiger partial charge in [-0.25, -0.2) is 9.59 Å². The van der Waals surface area contributed by atoms with E-state index in [1.165, 1.54) is 7.11 Å². The Kier molecular flexibility index (Phi) is 4.91. The predicted molar refractivity (Wildman–Crippen MR) is 81.8 cm³/mol. The van der Waals surface area contributed by atoms with Gasteiger partial charge in [0, 0.05) is 6.04 Å². The summed E-state index contributed by atoms with van der Waals surface area (Å²) in [5.74, 6) is -1.33. The molecule has 1 unspecified atom stereocenters. The molecule has 2 aromatic carbocycles. The first-order valence-corrected chi connectivity index (χ1v) is 6.77. The largest absolute Gasteiger partial charge is 0.478 e. The van der Waals surface area contributed by atoms with E-state index in [0.717, 1.165) is 11.1 Å². The zero-order chi connectivity index (χ0) is 16.1. The smallest absolute Gasteiger partial charge is 0.337 e. The summed E-state index contributed by atoms with van der Waals surface area (Å²) in [6.07, 6.45) is 0.581. The fraction of sp³-hybridized carbons (Fsp3) is 0.176. The van der Waals surface area contributed by atoms with Crippen LogP contribution in [0.25, 0.3) is 0 Å². The number of carbonyl (C=O) groups excluding carboxylic acids is 1. The molecule has 0 spiro atoms. The number of methoxy groups -OCH3 is 1. The van der Waals surface area contributed by atoms with Crippen molar-refractivity contribution in [2.24, 2.45) is 5.73 Å². The van der Waals surface area contributed by atoms with Crippen molar-refractivity contribution in [1.29, 1.82) is 0 Å². The summed E-state index contributed by atoms with van der Waals surface area (Å²) < 4.78 is 4.64. The minimum absolute atomic E-state index is 0.234. The van der Waals surface area contributed by atoms with E-state index in [1.54, 1.807) is 48.5 Å². The molecule has 22 heavy (non-hydrogen) atoms. The van der Waals surface area contributed by atoms with Crippen molar-refractivity contribution in [1.82, 2.24) is 0 Å². The zero-order valence-corrected chi connectivity index (χ0v) is 12.2. The number of carboxylic acids is 1. The maximum absolute atomic E-state index is 11.4. The number of rotatable bonds is 5. The lowest BCUT2D eigenvalue weighted by Gasteiger charge is -2.13. The van der Waals surface area contributed by atoms with Crippen LogP contribution in [-0.4, -0.2) is 24.2 Å². The van der Waals surface area contributed by atoms with E-state index in [0.29, 0.717) is 12.0 Å². The summed E-state index contributed by atoms with van der Waals surface area (Å²) in [6.45, 7) is 0. The molecule has 0 amide bonds. The molecular formula is C17H17NO4. The average molecular weight is 299 g/mol. The van der Waals surface area contributed by atoms with E-state index in [9.17, 15) is 9.59 Å². The standard InChI is InChI=1S/C17H17NO4/c1-22-17(21)14-8-6-12(7-9-14)15(18)10-11-2-4-13(5-3-11)16(19)20/h2-9,15H,10,18H2,1H3,(H,19,20). The van der Waals surface area contributed by atoms with E-state index < -0.39 is 5.97 Å². The number of carboxylic acid groups (broad SMARTS) is 1. The van der Waals surface area contributed by atoms with Gasteiger partial charge in [0.1, 0.15) is 0 Å². The second kappa shape index (κ2) is 6.87. The summed E-state index contributed by atoms with van der Waals surface area (Å²) in [5.41, 5.74) is 8.73. The third kappa shape index (κ3) is 3.71. The first kappa shape index (κ1) is 15.7. The highest BCUT2D eigenvalue weighted by Crippen LogP contribution is 2.17. The van der Waals surface area contributed by atoms with Crippen LogP contribution in [0.4, 0.5) is 0 Å². The Labute approximate surface area is 128 Å². The number of nitrogens with two attached hydrogens (primary N) is 1. The molecule has 0 aliphatic heterocycles. The lowest BCUT2D eigenvalue weighted by atomic mass is 9.98. The summed E-state index contributed by atoms with van der Waals surface area (Å²) in [6, 6.07) is 13.3. The van der Waals surface area contributed by atoms with Gasteiger partial charge in [0.05, 0.1) is 18.2 Å². The number of hydrogen-bond acceptors (Lipinski definition) is 4. The molecule has 0 bridgehead atoms. The third-order valence-corrected chi connectivity index (χ3v) is 3.42. The topological polar surface area (TPSA) is 89.6 Å². The summed E-state index contributed by atoms with van der Waals surface area (Å²) in [5, 5.41) is 8.86. The van der Waals surface area contributed by atoms with Gasteiger partial charge in [-0.2, -0.15) is 0 Å². The van der Waals surface area contributed by atoms with Gasteiger partial charge < -0.3 is 15.6 Å². The highest BCUT2D eigenvalue weighted by molar-refractivity contribution is 5.89. The number of carbonyl (C=O) groups is 2. The molecule has 0 aromatic heterocycles. The summed E-state index contributed by atoms with van der Waals surface area (Å²) >= 11 is 0. The van der Waals surface area contributed by atoms with E-state index in [2.05, 4.69) is 4.74 Å². The molecule has 0 aliphatic carbocycles. The Balaban J connectivity index is 2.06. The van der Waals surface area contributed by atoms with Crippen molar-refractivity contribution in [3.63, 3.8) is 0 Å². The maximum atomic E-state index is 11.4. The summed E-state index contributed by atoms with van der Waals surface area (Å²) in [7, 11) is 1.34. The Morgan fingerprint density at radius 2 is 1.59 bits per heavy atom. The molecule has 114 valence electrons. The Hall–Kier alpha value is -2.66. The van der Waals surface area contributed by atoms with Gasteiger partial charge in [0.2, 0.25) is 0 Å². The van der Waals surface area contributed by atoms with Crippen LogP contribution in [-0.2, 0) is 11.2 Å². The summed E-state index contributed by atoms with van der Waals surface area (Å²) in [4.78, 5) is 22.2. The highest BCUT2D eigenvalue weighted by Gasteiger charge is 2.10. The molecule has 0 saturated heterocycles. The predicted octanol–water partition coefficient (Wildman–Crippen LogP) is 2.41. The second-order valence-corrected chi connectivity index (χ2v) is 4.93. The van der Waals surface area contributed by atoms with E-state index in [-0.39, 0.29) is 17.6 Å². The van der Waals surface area contributed by atoms with Crippen molar-refractivity contribution in [2.75, 3.05) is 7.11 Å². The molecule has 5 nitrogen and oxygen atoms in total. The number of aromatic carboxylic acids is 1. The van der Waals surface area contributed by atoms with Crippen LogP contribution in [0.1, 0.15) is 37.9 Å². The lowest BCUT2D eigenvalue weighted by molar-refractivity contribution is 0.0599. The molecule has 1 atom stereocenters. The quantitative estimate of drug-likeness (QED) is 0.827. The van der Waals surface area contributed by atoms with Gasteiger partial charge in [-0.3, -0.25) is 0 Å². The zero-order valence-electron chi connectivity index (χ0n) is 12.2. The Morgan fingerprint density at radius 1 is 1.05 bits per heavy atom. The van der Waals surface area contributed by atoms with Crippen molar-refractivity contribution in [2.45, 2.75) is 12.5 Å². The monoisotopic (exact) mass is 299 g/mol. The van der Waals surface area contributed by atoms with Gasteiger partial charge in [-0.15, -0.1) is 0 Å². The molecule has 5 heteroatoms. The average Bonchev–Trinajstić information content (AvgIpc) is 2.54. The fourth-order valence-corrected chi connectivity index (χ4v) is 2.14. The van der Waals surface area contributed by atoms with Crippen molar-refractivity contribution < 1.29 is 19.4 Å². The van der Waals surface area contributed by atoms with Crippen LogP contribution in [0.15, 0.2) is 48.5 Å². The van der Waals surface area contributed by atoms with Crippen LogP contribution >= 0.6 is 0 Å². The second-order valence-electron chi connectivity index (χ2n) is 4.93. The number of ether oxygens (including phenoxy) is 1. The van der Waals surface area contributed by atoms with Gasteiger partial charge in [-0.1, -0.05) is 24.3 Å². The molecule has 2 rings (SSSR count). The molecule has 0 saturated carbocycles. The minimum Gasteiger partial charge on any atom is -0.478 e. The molecule has 0 fully saturated rings. The normalized spacial score (nSPS) is 11.7. The number of esters is 1. The van der Waals surface area contributed by atoms with Gasteiger partial charge in [-0.05, 0) is 41.8 Å². The van der Waals surface area contributed by atoms with Gasteiger partial charge in [0.25, 0.3) is 0 Å². The molecule has 2 aromatic rings. The molecule has 3 N–H and O–H groups in total. The van der Waals surface area contributed by atoms with Crippen LogP contribution in [0.2, 0.25) is 0 Å². The van der Waals surface area contributed by atoms with Crippen LogP contribution < -0.4 is 5.73 Å². The molecule has 0 heterocycles. The maximum Gasteiger partial charge on any atom is 0.337 e. The Bertz CT molecular complexity index is 662. The fourth-order valence-electron chi connectivity index (χ4n) is 2.14. The molecular weight excluding hydrogens is 282 g/mol. The van der Waals surface area contributed by atoms with E-state index >= 15 is 0 Å². The van der Waals surface area contributed by atoms with Crippen molar-refractivity contribution >= 4 is 11.9 Å². The minimum atomic E-state index is -0.950. The first-order valence-electron chi connectivity index (χ1n) is 6.77. The highest BCUT2D eigenvalue weighted by atomic mass is 16.5. The van der Waals surface area contributed by atoms with Crippen LogP contribution in [0, 0.1) is 0 Å². The van der Waals surface area contributed by atoms with E-state index in [1.807, 2.05) is 0 Å². The SMILES string of the molecule is COC(=O)c1ccc(C(N)Cc2ccc(C(=O)O)cc2)cc1. The molecule has 0 aliphatic rings. The third-order valence-electron chi connectivity index (χ3n) is 3.42. The van der Waals surface area contributed by atoms with Crippen LogP contribution in [0.5, 0.6) is 0 Å². The van der Waals surface area contributed by atoms with Crippen molar-refractivity contribution in [3.05, 3.63) is 70.8 Å². The number of benzene rings is 2. The van der Waals surface area contributed by atoms with E-state index in [4.69, 9.17) is 10.8 Å². The molecule has 0 radical (unpaired) electrons. The van der Waals surface area contributed by atoms with Gasteiger partial charge in [0.15, 0.2) is 0 Å². The lowest BCUT2D eigenvalue weighted by Crippen LogP contribution is -2.14.